The van der Waals surface area contributed by atoms with E-state index in [2.05, 4.69) is 26.1 Å². The van der Waals surface area contributed by atoms with Crippen molar-refractivity contribution in [3.05, 3.63) is 47.8 Å². The minimum absolute atomic E-state index is 0.212. The number of nitrogens with one attached hydrogen (secondary N) is 1. The van der Waals surface area contributed by atoms with Gasteiger partial charge in [-0.1, -0.05) is 26.8 Å². The molecule has 4 heterocycles. The molecular formula is C29H34N6O5. The number of amides is 1. The molecule has 0 radical (unpaired) electrons. The predicted octanol–water partition coefficient (Wildman–Crippen LogP) is 4.73. The number of anilines is 1. The van der Waals surface area contributed by atoms with Gasteiger partial charge in [-0.25, -0.2) is 14.8 Å². The second-order valence-electron chi connectivity index (χ2n) is 11.8. The highest BCUT2D eigenvalue weighted by atomic mass is 16.5. The number of fused-ring (bicyclic) bond motifs is 4. The van der Waals surface area contributed by atoms with Gasteiger partial charge in [-0.15, -0.1) is 5.10 Å². The SMILES string of the molecule is COc1ccc(CNc2nc3c(OC)cccc3c3nc(C45CN(C(=O)O)C(C(C)(C)C)(C4)C5)nn23)c(OC)c1. The van der Waals surface area contributed by atoms with Crippen LogP contribution in [0.3, 0.4) is 0 Å². The van der Waals surface area contributed by atoms with Crippen LogP contribution < -0.4 is 19.5 Å². The minimum Gasteiger partial charge on any atom is -0.497 e. The van der Waals surface area contributed by atoms with Gasteiger partial charge in [0.05, 0.1) is 32.3 Å². The Morgan fingerprint density at radius 3 is 2.42 bits per heavy atom. The van der Waals surface area contributed by atoms with Crippen LogP contribution in [0.5, 0.6) is 17.2 Å². The first kappa shape index (κ1) is 26.0. The van der Waals surface area contributed by atoms with E-state index in [4.69, 9.17) is 29.3 Å². The lowest BCUT2D eigenvalue weighted by Crippen LogP contribution is -2.60. The van der Waals surface area contributed by atoms with E-state index in [0.717, 1.165) is 10.9 Å². The molecule has 11 nitrogen and oxygen atoms in total. The summed E-state index contributed by atoms with van der Waals surface area (Å²) >= 11 is 0. The van der Waals surface area contributed by atoms with Crippen LogP contribution in [-0.2, 0) is 12.0 Å². The third kappa shape index (κ3) is 3.63. The number of para-hydroxylation sites is 1. The number of ether oxygens (including phenoxy) is 3. The Morgan fingerprint density at radius 1 is 1.05 bits per heavy atom. The van der Waals surface area contributed by atoms with Gasteiger partial charge in [0.1, 0.15) is 22.8 Å². The smallest absolute Gasteiger partial charge is 0.407 e. The standard InChI is InChI=1S/C29H34N6O5/c1-27(2,3)29-14-28(15-29,16-34(29)26(36)37)24-32-23-19-8-7-9-20(39-5)22(19)31-25(35(23)33-24)30-13-17-10-11-18(38-4)12-21(17)40-6/h7-12H,13-16H2,1-6H3,(H,30,31)(H,36,37). The Bertz CT molecular complexity index is 1640. The molecule has 210 valence electrons. The van der Waals surface area contributed by atoms with Crippen LogP contribution in [0.1, 0.15) is 45.0 Å². The van der Waals surface area contributed by atoms with Crippen molar-refractivity contribution in [2.75, 3.05) is 33.2 Å². The zero-order chi connectivity index (χ0) is 28.4. The van der Waals surface area contributed by atoms with Gasteiger partial charge in [-0.2, -0.15) is 4.52 Å². The number of aromatic nitrogens is 4. The number of hydrogen-bond acceptors (Lipinski definition) is 8. The Labute approximate surface area is 232 Å². The third-order valence-electron chi connectivity index (χ3n) is 8.76. The van der Waals surface area contributed by atoms with E-state index in [1.54, 1.807) is 30.7 Å². The van der Waals surface area contributed by atoms with Crippen LogP contribution >= 0.6 is 0 Å². The summed E-state index contributed by atoms with van der Waals surface area (Å²) in [5.74, 6) is 3.15. The summed E-state index contributed by atoms with van der Waals surface area (Å²) < 4.78 is 18.3. The lowest BCUT2D eigenvalue weighted by atomic mass is 9.53. The molecule has 1 saturated carbocycles. The second kappa shape index (κ2) is 8.87. The molecule has 0 unspecified atom stereocenters. The lowest BCUT2D eigenvalue weighted by molar-refractivity contribution is -0.00679. The van der Waals surface area contributed by atoms with Crippen LogP contribution in [-0.4, -0.2) is 69.1 Å². The maximum Gasteiger partial charge on any atom is 0.407 e. The number of rotatable bonds is 7. The number of methoxy groups -OCH3 is 3. The molecule has 1 aliphatic carbocycles. The molecule has 0 spiro atoms. The van der Waals surface area contributed by atoms with Crippen molar-refractivity contribution in [1.29, 1.82) is 0 Å². The molecule has 2 aliphatic heterocycles. The summed E-state index contributed by atoms with van der Waals surface area (Å²) in [5, 5.41) is 19.3. The zero-order valence-electron chi connectivity index (χ0n) is 23.6. The highest BCUT2D eigenvalue weighted by Crippen LogP contribution is 2.65. The van der Waals surface area contributed by atoms with Crippen LogP contribution in [0.15, 0.2) is 36.4 Å². The fraction of sp³-hybridized carbons (Fsp3) is 0.448. The largest absolute Gasteiger partial charge is 0.497 e. The van der Waals surface area contributed by atoms with Gasteiger partial charge in [-0.05, 0) is 42.5 Å². The van der Waals surface area contributed by atoms with Crippen LogP contribution in [0, 0.1) is 5.41 Å². The molecule has 3 aliphatic rings. The average molecular weight is 547 g/mol. The second-order valence-corrected chi connectivity index (χ2v) is 11.8. The van der Waals surface area contributed by atoms with Crippen molar-refractivity contribution < 1.29 is 24.1 Å². The Kier molecular flexibility index (Phi) is 5.76. The maximum absolute atomic E-state index is 12.3. The van der Waals surface area contributed by atoms with Gasteiger partial charge in [0.25, 0.3) is 0 Å². The number of hydrogen-bond donors (Lipinski definition) is 2. The molecular weight excluding hydrogens is 512 g/mol. The van der Waals surface area contributed by atoms with E-state index in [1.165, 1.54) is 0 Å². The molecule has 0 atom stereocenters. The normalized spacial score (nSPS) is 21.9. The highest BCUT2D eigenvalue weighted by Gasteiger charge is 2.72. The Morgan fingerprint density at radius 2 is 1.80 bits per heavy atom. The fourth-order valence-electron chi connectivity index (χ4n) is 6.52. The summed E-state index contributed by atoms with van der Waals surface area (Å²) in [6.07, 6.45) is 0.478. The molecule has 2 bridgehead atoms. The van der Waals surface area contributed by atoms with Crippen LogP contribution in [0.25, 0.3) is 16.6 Å². The Hall–Kier alpha value is -4.28. The van der Waals surface area contributed by atoms with Gasteiger partial charge < -0.3 is 29.5 Å². The van der Waals surface area contributed by atoms with Gasteiger partial charge >= 0.3 is 6.09 Å². The summed E-state index contributed by atoms with van der Waals surface area (Å²) in [6.45, 7) is 7.10. The van der Waals surface area contributed by atoms with Crippen LogP contribution in [0.2, 0.25) is 0 Å². The van der Waals surface area contributed by atoms with Crippen molar-refractivity contribution in [1.82, 2.24) is 24.5 Å². The van der Waals surface area contributed by atoms with Gasteiger partial charge in [0, 0.05) is 30.1 Å². The van der Waals surface area contributed by atoms with E-state index in [-0.39, 0.29) is 5.41 Å². The summed E-state index contributed by atoms with van der Waals surface area (Å²) in [5.41, 5.74) is 1.12. The number of carbonyl (C=O) groups is 1. The molecule has 4 aromatic rings. The zero-order valence-corrected chi connectivity index (χ0v) is 23.6. The van der Waals surface area contributed by atoms with Crippen molar-refractivity contribution in [3.8, 4) is 17.2 Å². The first-order valence-corrected chi connectivity index (χ1v) is 13.3. The number of benzene rings is 2. The first-order valence-electron chi connectivity index (χ1n) is 13.3. The van der Waals surface area contributed by atoms with Gasteiger partial charge in [-0.3, -0.25) is 0 Å². The first-order chi connectivity index (χ1) is 19.1. The van der Waals surface area contributed by atoms with E-state index >= 15 is 0 Å². The molecule has 1 amide bonds. The van der Waals surface area contributed by atoms with Gasteiger partial charge in [0.15, 0.2) is 11.5 Å². The molecule has 2 aromatic heterocycles. The molecule has 7 rings (SSSR count). The monoisotopic (exact) mass is 546 g/mol. The topological polar surface area (TPSA) is 123 Å². The maximum atomic E-state index is 12.3. The molecule has 40 heavy (non-hydrogen) atoms. The number of nitrogens with zero attached hydrogens (tertiary/aromatic N) is 5. The molecule has 2 aromatic carbocycles. The van der Waals surface area contributed by atoms with Crippen molar-refractivity contribution in [3.63, 3.8) is 0 Å². The molecule has 3 fully saturated rings. The van der Waals surface area contributed by atoms with Crippen molar-refractivity contribution in [2.24, 2.45) is 5.41 Å². The molecule has 11 heteroatoms. The van der Waals surface area contributed by atoms with E-state index in [0.29, 0.717) is 66.1 Å². The van der Waals surface area contributed by atoms with Crippen LogP contribution in [0.4, 0.5) is 10.7 Å². The quantitative estimate of drug-likeness (QED) is 0.339. The Balaban J connectivity index is 1.45. The third-order valence-corrected chi connectivity index (χ3v) is 8.76. The summed E-state index contributed by atoms with van der Waals surface area (Å²) in [6, 6.07) is 11.4. The minimum atomic E-state index is -0.897. The fourth-order valence-corrected chi connectivity index (χ4v) is 6.52. The number of carboxylic acid groups (broad SMARTS) is 1. The summed E-state index contributed by atoms with van der Waals surface area (Å²) in [7, 11) is 4.85. The predicted molar refractivity (Wildman–Crippen MR) is 150 cm³/mol. The van der Waals surface area contributed by atoms with E-state index < -0.39 is 17.0 Å². The molecule has 2 N–H and O–H groups in total. The molecule has 2 saturated heterocycles. The lowest BCUT2D eigenvalue weighted by Gasteiger charge is -2.54. The summed E-state index contributed by atoms with van der Waals surface area (Å²) in [4.78, 5) is 23.8. The van der Waals surface area contributed by atoms with E-state index in [9.17, 15) is 9.90 Å². The van der Waals surface area contributed by atoms with Crippen molar-refractivity contribution in [2.45, 2.75) is 51.1 Å². The highest BCUT2D eigenvalue weighted by molar-refractivity contribution is 5.96. The van der Waals surface area contributed by atoms with Crippen molar-refractivity contribution >= 4 is 28.6 Å². The van der Waals surface area contributed by atoms with E-state index in [1.807, 2.05) is 36.4 Å². The van der Waals surface area contributed by atoms with Gasteiger partial charge in [0.2, 0.25) is 5.95 Å². The average Bonchev–Trinajstić information content (AvgIpc) is 3.61.